The fraction of sp³-hybridized carbons (Fsp3) is 0.500. The molecule has 1 unspecified atom stereocenters. The molecule has 1 fully saturated rings. The summed E-state index contributed by atoms with van der Waals surface area (Å²) >= 11 is 5.38. The number of aromatic amines is 1. The van der Waals surface area contributed by atoms with Crippen LogP contribution in [0.1, 0.15) is 6.42 Å². The highest BCUT2D eigenvalue weighted by atomic mass is 32.2. The van der Waals surface area contributed by atoms with Crippen LogP contribution in [0.4, 0.5) is 0 Å². The first-order valence-corrected chi connectivity index (χ1v) is 10.5. The Morgan fingerprint density at radius 2 is 2.16 bits per heavy atom. The van der Waals surface area contributed by atoms with Crippen LogP contribution in [0.3, 0.4) is 0 Å². The van der Waals surface area contributed by atoms with Crippen LogP contribution in [0.15, 0.2) is 30.3 Å². The molecule has 7 nitrogen and oxygen atoms in total. The van der Waals surface area contributed by atoms with Gasteiger partial charge in [-0.25, -0.2) is 13.1 Å². The first-order chi connectivity index (χ1) is 12.0. The van der Waals surface area contributed by atoms with Gasteiger partial charge in [-0.15, -0.1) is 0 Å². The van der Waals surface area contributed by atoms with E-state index in [0.717, 1.165) is 22.8 Å². The lowest BCUT2D eigenvalue weighted by Crippen LogP contribution is -3.16. The van der Waals surface area contributed by atoms with E-state index in [1.165, 1.54) is 0 Å². The zero-order chi connectivity index (χ0) is 17.9. The fourth-order valence-electron chi connectivity index (χ4n) is 3.15. The van der Waals surface area contributed by atoms with Crippen molar-refractivity contribution in [2.45, 2.75) is 19.1 Å². The van der Waals surface area contributed by atoms with Gasteiger partial charge in [0.1, 0.15) is 18.3 Å². The molecule has 25 heavy (non-hydrogen) atoms. The Morgan fingerprint density at radius 1 is 1.40 bits per heavy atom. The van der Waals surface area contributed by atoms with Crippen molar-refractivity contribution < 1.29 is 18.1 Å². The number of sulfone groups is 1. The van der Waals surface area contributed by atoms with Crippen molar-refractivity contribution in [3.05, 3.63) is 35.1 Å². The molecule has 2 N–H and O–H groups in total. The molecule has 0 saturated carbocycles. The molecule has 0 bridgehead atoms. The molecule has 1 saturated heterocycles. The number of hydrogen-bond donors (Lipinski definition) is 2. The minimum atomic E-state index is -2.93. The van der Waals surface area contributed by atoms with Crippen molar-refractivity contribution in [3.8, 4) is 11.4 Å². The van der Waals surface area contributed by atoms with Gasteiger partial charge in [0.25, 0.3) is 0 Å². The van der Waals surface area contributed by atoms with E-state index in [1.807, 2.05) is 35.0 Å². The van der Waals surface area contributed by atoms with Gasteiger partial charge >= 0.3 is 0 Å². The molecule has 2 heterocycles. The molecule has 3 rings (SSSR count). The lowest BCUT2D eigenvalue weighted by Gasteiger charge is -2.24. The fourth-order valence-corrected chi connectivity index (χ4v) is 5.18. The molecule has 1 aromatic heterocycles. The first-order valence-electron chi connectivity index (χ1n) is 8.25. The zero-order valence-corrected chi connectivity index (χ0v) is 15.8. The van der Waals surface area contributed by atoms with Crippen molar-refractivity contribution in [3.63, 3.8) is 0 Å². The van der Waals surface area contributed by atoms with E-state index in [0.29, 0.717) is 24.5 Å². The van der Waals surface area contributed by atoms with E-state index in [-0.39, 0.29) is 17.5 Å². The monoisotopic (exact) mass is 383 g/mol. The van der Waals surface area contributed by atoms with Crippen molar-refractivity contribution in [2.75, 3.05) is 31.8 Å². The minimum absolute atomic E-state index is 0.0607. The predicted octanol–water partition coefficient (Wildman–Crippen LogP) is 0.284. The Kier molecular flexibility index (Phi) is 5.67. The van der Waals surface area contributed by atoms with E-state index in [9.17, 15) is 8.42 Å². The SMILES string of the molecule is COCC[NH+](Cn1[nH]c(-c2ccccc2)nc1=S)[C@H]1CCS(=O)(=O)C1. The molecular formula is C16H23N4O3S2+. The van der Waals surface area contributed by atoms with E-state index < -0.39 is 9.84 Å². The summed E-state index contributed by atoms with van der Waals surface area (Å²) in [5.41, 5.74) is 0.967. The van der Waals surface area contributed by atoms with Gasteiger partial charge in [-0.2, -0.15) is 4.98 Å². The third-order valence-electron chi connectivity index (χ3n) is 4.52. The van der Waals surface area contributed by atoms with Crippen LogP contribution in [0, 0.1) is 4.77 Å². The Bertz CT molecular complexity index is 861. The quantitative estimate of drug-likeness (QED) is 0.672. The molecular weight excluding hydrogens is 360 g/mol. The molecule has 9 heteroatoms. The van der Waals surface area contributed by atoms with Gasteiger partial charge < -0.3 is 9.64 Å². The minimum Gasteiger partial charge on any atom is -0.379 e. The summed E-state index contributed by atoms with van der Waals surface area (Å²) in [5.74, 6) is 1.20. The summed E-state index contributed by atoms with van der Waals surface area (Å²) in [6.45, 7) is 1.83. The molecule has 1 aliphatic heterocycles. The Hall–Kier alpha value is -1.55. The second-order valence-corrected chi connectivity index (χ2v) is 8.90. The van der Waals surface area contributed by atoms with Crippen molar-refractivity contribution in [1.29, 1.82) is 0 Å². The number of H-pyrrole nitrogens is 1. The number of ether oxygens (including phenoxy) is 1. The average molecular weight is 384 g/mol. The van der Waals surface area contributed by atoms with E-state index >= 15 is 0 Å². The average Bonchev–Trinajstić information content (AvgIpc) is 3.14. The Morgan fingerprint density at radius 3 is 2.80 bits per heavy atom. The van der Waals surface area contributed by atoms with Gasteiger partial charge in [-0.05, 0) is 12.2 Å². The highest BCUT2D eigenvalue weighted by Crippen LogP contribution is 2.13. The maximum atomic E-state index is 11.8. The molecule has 0 aliphatic carbocycles. The second-order valence-electron chi connectivity index (χ2n) is 6.31. The standard InChI is InChI=1S/C16H22N4O3S2/c1-23-9-8-19(14-7-10-25(21,22)11-14)12-20-16(24)17-15(18-20)13-5-3-2-4-6-13/h2-6,14H,7-12H2,1H3,(H,17,18,24)/p+1/t14-/m0/s1. The molecule has 2 aromatic rings. The number of nitrogens with zero attached hydrogens (tertiary/aromatic N) is 2. The molecule has 0 radical (unpaired) electrons. The highest BCUT2D eigenvalue weighted by molar-refractivity contribution is 7.91. The summed E-state index contributed by atoms with van der Waals surface area (Å²) in [4.78, 5) is 5.57. The van der Waals surface area contributed by atoms with Gasteiger partial charge in [0, 0.05) is 19.1 Å². The van der Waals surface area contributed by atoms with E-state index in [4.69, 9.17) is 17.0 Å². The van der Waals surface area contributed by atoms with Gasteiger partial charge in [-0.3, -0.25) is 5.10 Å². The van der Waals surface area contributed by atoms with Crippen LogP contribution in [0.25, 0.3) is 11.4 Å². The van der Waals surface area contributed by atoms with Crippen LogP contribution < -0.4 is 4.90 Å². The van der Waals surface area contributed by atoms with Crippen molar-refractivity contribution in [2.24, 2.45) is 0 Å². The zero-order valence-electron chi connectivity index (χ0n) is 14.1. The molecule has 136 valence electrons. The van der Waals surface area contributed by atoms with Gasteiger partial charge in [0.2, 0.25) is 4.77 Å². The third-order valence-corrected chi connectivity index (χ3v) is 6.60. The summed E-state index contributed by atoms with van der Waals surface area (Å²) in [7, 11) is -1.28. The Labute approximate surface area is 152 Å². The lowest BCUT2D eigenvalue weighted by atomic mass is 10.2. The van der Waals surface area contributed by atoms with Gasteiger partial charge in [0.15, 0.2) is 22.3 Å². The van der Waals surface area contributed by atoms with Crippen LogP contribution in [0.5, 0.6) is 0 Å². The molecule has 0 spiro atoms. The van der Waals surface area contributed by atoms with Crippen LogP contribution in [-0.4, -0.2) is 61.0 Å². The van der Waals surface area contributed by atoms with Crippen LogP contribution >= 0.6 is 12.2 Å². The van der Waals surface area contributed by atoms with Gasteiger partial charge in [-0.1, -0.05) is 30.3 Å². The lowest BCUT2D eigenvalue weighted by molar-refractivity contribution is -0.945. The third kappa shape index (κ3) is 4.55. The molecule has 2 atom stereocenters. The van der Waals surface area contributed by atoms with Gasteiger partial charge in [0.05, 0.1) is 12.4 Å². The first kappa shape index (κ1) is 18.2. The summed E-state index contributed by atoms with van der Waals surface area (Å²) in [6, 6.07) is 9.85. The number of nitrogens with one attached hydrogen (secondary N) is 2. The summed E-state index contributed by atoms with van der Waals surface area (Å²) in [6.07, 6.45) is 0.675. The van der Waals surface area contributed by atoms with Crippen LogP contribution in [0.2, 0.25) is 0 Å². The van der Waals surface area contributed by atoms with Crippen LogP contribution in [-0.2, 0) is 21.2 Å². The normalized spacial score (nSPS) is 20.6. The largest absolute Gasteiger partial charge is 0.379 e. The second kappa shape index (κ2) is 7.77. The predicted molar refractivity (Wildman–Crippen MR) is 97.6 cm³/mol. The van der Waals surface area contributed by atoms with Crippen molar-refractivity contribution in [1.82, 2.24) is 14.8 Å². The number of methoxy groups -OCH3 is 1. The smallest absolute Gasteiger partial charge is 0.221 e. The number of quaternary nitrogens is 1. The maximum Gasteiger partial charge on any atom is 0.221 e. The summed E-state index contributed by atoms with van der Waals surface area (Å²) < 4.78 is 31.1. The summed E-state index contributed by atoms with van der Waals surface area (Å²) in [5, 5.41) is 3.24. The van der Waals surface area contributed by atoms with E-state index in [1.54, 1.807) is 7.11 Å². The molecule has 0 amide bonds. The molecule has 1 aliphatic rings. The number of hydrogen-bond acceptors (Lipinski definition) is 5. The van der Waals surface area contributed by atoms with Crippen molar-refractivity contribution >= 4 is 22.1 Å². The number of rotatable bonds is 7. The number of benzene rings is 1. The Balaban J connectivity index is 1.80. The number of aromatic nitrogens is 3. The molecule has 1 aromatic carbocycles. The topological polar surface area (TPSA) is 81.4 Å². The maximum absolute atomic E-state index is 11.8. The van der Waals surface area contributed by atoms with E-state index in [2.05, 4.69) is 10.1 Å². The highest BCUT2D eigenvalue weighted by Gasteiger charge is 2.35.